The molecule has 13 heavy (non-hydrogen) atoms. The van der Waals surface area contributed by atoms with E-state index in [0.717, 1.165) is 0 Å². The summed E-state index contributed by atoms with van der Waals surface area (Å²) in [5.74, 6) is -1.63. The molecule has 3 nitrogen and oxygen atoms in total. The number of nitrogens with two attached hydrogens (primary N) is 1. The summed E-state index contributed by atoms with van der Waals surface area (Å²) in [4.78, 5) is 13.3. The van der Waals surface area contributed by atoms with Crippen LogP contribution in [0.1, 0.15) is 22.5 Å². The van der Waals surface area contributed by atoms with Crippen molar-refractivity contribution in [2.24, 2.45) is 0 Å². The number of nitrogens with zero attached hydrogens (tertiary/aromatic N) is 1. The van der Waals surface area contributed by atoms with Gasteiger partial charge in [0.05, 0.1) is 5.56 Å². The zero-order valence-electron chi connectivity index (χ0n) is 6.30. The quantitative estimate of drug-likeness (QED) is 0.720. The summed E-state index contributed by atoms with van der Waals surface area (Å²) in [6.45, 7) is 0. The summed E-state index contributed by atoms with van der Waals surface area (Å²) < 4.78 is 36.7. The first-order chi connectivity index (χ1) is 6.06. The third-order valence-electron chi connectivity index (χ3n) is 1.40. The first-order valence-electron chi connectivity index (χ1n) is 3.25. The molecule has 0 aliphatic rings. The van der Waals surface area contributed by atoms with Gasteiger partial charge < -0.3 is 5.73 Å². The van der Waals surface area contributed by atoms with Crippen molar-refractivity contribution in [2.45, 2.75) is 6.43 Å². The number of nitrogen functional groups attached to an aromatic ring is 1. The van der Waals surface area contributed by atoms with Crippen LogP contribution in [0.25, 0.3) is 0 Å². The predicted molar refractivity (Wildman–Crippen MR) is 39.0 cm³/mol. The molecule has 0 aliphatic carbocycles. The number of aromatic nitrogens is 1. The monoisotopic (exact) mass is 190 g/mol. The fraction of sp³-hybridized carbons (Fsp3) is 0.143. The molecule has 0 saturated carbocycles. The van der Waals surface area contributed by atoms with E-state index >= 15 is 0 Å². The van der Waals surface area contributed by atoms with Crippen LogP contribution in [0.15, 0.2) is 6.07 Å². The summed E-state index contributed by atoms with van der Waals surface area (Å²) in [6, 6.07) is 0.636. The van der Waals surface area contributed by atoms with Crippen LogP contribution >= 0.6 is 0 Å². The lowest BCUT2D eigenvalue weighted by Gasteiger charge is -2.03. The van der Waals surface area contributed by atoms with Crippen molar-refractivity contribution < 1.29 is 18.0 Å². The van der Waals surface area contributed by atoms with Gasteiger partial charge in [-0.05, 0) is 6.07 Å². The smallest absolute Gasteiger partial charge is 0.283 e. The van der Waals surface area contributed by atoms with Crippen molar-refractivity contribution in [2.75, 3.05) is 5.73 Å². The zero-order chi connectivity index (χ0) is 10.0. The number of anilines is 1. The first kappa shape index (κ1) is 9.50. The van der Waals surface area contributed by atoms with Crippen molar-refractivity contribution in [3.05, 3.63) is 23.1 Å². The van der Waals surface area contributed by atoms with E-state index < -0.39 is 23.8 Å². The maximum absolute atomic E-state index is 12.7. The Morgan fingerprint density at radius 3 is 2.62 bits per heavy atom. The minimum atomic E-state index is -3.04. The normalized spacial score (nSPS) is 10.5. The number of rotatable bonds is 2. The molecular weight excluding hydrogens is 185 g/mol. The Kier molecular flexibility index (Phi) is 2.50. The summed E-state index contributed by atoms with van der Waals surface area (Å²) in [5, 5.41) is 0. The van der Waals surface area contributed by atoms with Crippen LogP contribution in [-0.4, -0.2) is 11.3 Å². The Hall–Kier alpha value is -1.59. The Morgan fingerprint density at radius 1 is 1.54 bits per heavy atom. The fourth-order valence-electron chi connectivity index (χ4n) is 0.780. The van der Waals surface area contributed by atoms with Crippen LogP contribution in [0.4, 0.5) is 19.0 Å². The molecule has 1 aromatic heterocycles. The van der Waals surface area contributed by atoms with Gasteiger partial charge in [-0.2, -0.15) is 0 Å². The SMILES string of the molecule is Nc1nc(C(F)F)c(F)cc1C=O. The van der Waals surface area contributed by atoms with Crippen molar-refractivity contribution in [1.29, 1.82) is 0 Å². The maximum Gasteiger partial charge on any atom is 0.283 e. The topological polar surface area (TPSA) is 56.0 Å². The fourth-order valence-corrected chi connectivity index (χ4v) is 0.780. The molecule has 70 valence electrons. The molecule has 0 fully saturated rings. The van der Waals surface area contributed by atoms with Crippen molar-refractivity contribution in [3.8, 4) is 0 Å². The molecular formula is C7H5F3N2O. The second-order valence-corrected chi connectivity index (χ2v) is 2.25. The average molecular weight is 190 g/mol. The Bertz CT molecular complexity index is 341. The molecule has 0 bridgehead atoms. The maximum atomic E-state index is 12.7. The minimum absolute atomic E-state index is 0.234. The van der Waals surface area contributed by atoms with Gasteiger partial charge in [-0.3, -0.25) is 4.79 Å². The summed E-state index contributed by atoms with van der Waals surface area (Å²) in [7, 11) is 0. The lowest BCUT2D eigenvalue weighted by Crippen LogP contribution is -2.04. The van der Waals surface area contributed by atoms with E-state index in [2.05, 4.69) is 4.98 Å². The summed E-state index contributed by atoms with van der Waals surface area (Å²) >= 11 is 0. The van der Waals surface area contributed by atoms with Gasteiger partial charge in [0.2, 0.25) is 0 Å². The zero-order valence-corrected chi connectivity index (χ0v) is 6.30. The van der Waals surface area contributed by atoms with Crippen molar-refractivity contribution in [3.63, 3.8) is 0 Å². The highest BCUT2D eigenvalue weighted by atomic mass is 19.3. The van der Waals surface area contributed by atoms with E-state index in [0.29, 0.717) is 6.07 Å². The Balaban J connectivity index is 3.28. The first-order valence-corrected chi connectivity index (χ1v) is 3.25. The van der Waals surface area contributed by atoms with Gasteiger partial charge in [-0.15, -0.1) is 0 Å². The number of carbonyl (C=O) groups is 1. The summed E-state index contributed by atoms with van der Waals surface area (Å²) in [6.07, 6.45) is -2.79. The summed E-state index contributed by atoms with van der Waals surface area (Å²) in [5.41, 5.74) is 3.82. The van der Waals surface area contributed by atoms with E-state index in [1.807, 2.05) is 0 Å². The number of alkyl halides is 2. The molecule has 0 saturated heterocycles. The van der Waals surface area contributed by atoms with E-state index in [-0.39, 0.29) is 11.8 Å². The Morgan fingerprint density at radius 2 is 2.15 bits per heavy atom. The highest BCUT2D eigenvalue weighted by Gasteiger charge is 2.17. The number of aldehydes is 1. The number of hydrogen-bond donors (Lipinski definition) is 1. The molecule has 0 spiro atoms. The van der Waals surface area contributed by atoms with Gasteiger partial charge >= 0.3 is 0 Å². The molecule has 0 aliphatic heterocycles. The third kappa shape index (κ3) is 1.77. The molecule has 0 amide bonds. The van der Waals surface area contributed by atoms with Gasteiger partial charge in [0.1, 0.15) is 11.5 Å². The van der Waals surface area contributed by atoms with Gasteiger partial charge in [-0.25, -0.2) is 18.2 Å². The molecule has 1 rings (SSSR count). The molecule has 0 atom stereocenters. The highest BCUT2D eigenvalue weighted by molar-refractivity contribution is 5.81. The predicted octanol–water partition coefficient (Wildman–Crippen LogP) is 1.55. The standard InChI is InChI=1S/C7H5F3N2O/c8-4-1-3(2-13)7(11)12-5(4)6(9)10/h1-2,6H,(H2,11,12). The van der Waals surface area contributed by atoms with Gasteiger partial charge in [0.15, 0.2) is 12.1 Å². The molecule has 6 heteroatoms. The lowest BCUT2D eigenvalue weighted by atomic mass is 10.2. The molecule has 1 heterocycles. The van der Waals surface area contributed by atoms with Gasteiger partial charge in [0.25, 0.3) is 6.43 Å². The number of hydrogen-bond acceptors (Lipinski definition) is 3. The highest BCUT2D eigenvalue weighted by Crippen LogP contribution is 2.22. The van der Waals surface area contributed by atoms with E-state index in [1.165, 1.54) is 0 Å². The van der Waals surface area contributed by atoms with Crippen molar-refractivity contribution in [1.82, 2.24) is 4.98 Å². The van der Waals surface area contributed by atoms with E-state index in [4.69, 9.17) is 5.73 Å². The molecule has 1 aromatic rings. The van der Waals surface area contributed by atoms with Crippen LogP contribution in [-0.2, 0) is 0 Å². The van der Waals surface area contributed by atoms with Crippen LogP contribution in [0.2, 0.25) is 0 Å². The molecule has 0 aromatic carbocycles. The third-order valence-corrected chi connectivity index (χ3v) is 1.40. The van der Waals surface area contributed by atoms with Crippen LogP contribution in [0, 0.1) is 5.82 Å². The molecule has 0 radical (unpaired) electrons. The number of carbonyl (C=O) groups excluding carboxylic acids is 1. The second kappa shape index (κ2) is 3.42. The van der Waals surface area contributed by atoms with Crippen molar-refractivity contribution >= 4 is 12.1 Å². The molecule has 2 N–H and O–H groups in total. The largest absolute Gasteiger partial charge is 0.383 e. The van der Waals surface area contributed by atoms with Crippen LogP contribution in [0.3, 0.4) is 0 Å². The van der Waals surface area contributed by atoms with Gasteiger partial charge in [0, 0.05) is 0 Å². The number of pyridine rings is 1. The molecule has 0 unspecified atom stereocenters. The van der Waals surface area contributed by atoms with Crippen LogP contribution in [0.5, 0.6) is 0 Å². The average Bonchev–Trinajstić information content (AvgIpc) is 2.07. The van der Waals surface area contributed by atoms with Crippen LogP contribution < -0.4 is 5.73 Å². The Labute approximate surface area is 71.4 Å². The van der Waals surface area contributed by atoms with E-state index in [1.54, 1.807) is 0 Å². The van der Waals surface area contributed by atoms with Gasteiger partial charge in [-0.1, -0.05) is 0 Å². The minimum Gasteiger partial charge on any atom is -0.383 e. The van der Waals surface area contributed by atoms with E-state index in [9.17, 15) is 18.0 Å². The number of halogens is 3. The lowest BCUT2D eigenvalue weighted by molar-refractivity contribution is 0.112. The second-order valence-electron chi connectivity index (χ2n) is 2.25.